The predicted octanol–water partition coefficient (Wildman–Crippen LogP) is 2.44. The van der Waals surface area contributed by atoms with Crippen LogP contribution in [0.25, 0.3) is 0 Å². The van der Waals surface area contributed by atoms with Gasteiger partial charge in [-0.3, -0.25) is 14.4 Å². The molecule has 3 aliphatic heterocycles. The van der Waals surface area contributed by atoms with Crippen LogP contribution in [0, 0.1) is 44.8 Å². The van der Waals surface area contributed by atoms with E-state index in [0.29, 0.717) is 32.1 Å². The van der Waals surface area contributed by atoms with Crippen LogP contribution in [-0.4, -0.2) is 153 Å². The van der Waals surface area contributed by atoms with E-state index in [0.717, 1.165) is 25.7 Å². The summed E-state index contributed by atoms with van der Waals surface area (Å²) >= 11 is 0. The number of hydrogen-bond donors (Lipinski definition) is 6. The highest BCUT2D eigenvalue weighted by Gasteiger charge is 2.85. The first-order valence-electron chi connectivity index (χ1n) is 23.5. The largest absolute Gasteiger partial charge is 0.462 e. The molecule has 0 aromatic rings. The Morgan fingerprint density at radius 2 is 1.38 bits per heavy atom. The fraction of sp³-hybridized carbons (Fsp3) is 0.936. The SMILES string of the molecule is CC(=O)O[C@@H]1[C@H](O[C@@H]2CC[C@@]34C[C@@]35CC[C@@]3(C)[C@H]([C@]6(C)CC[C@@H](C(C)(C)O)O6)[C@@H](OC(C)=O)C[C@]3(C)[C@H]5C[C@H](O[C@H]3O[C@@H](CO)[C@H](O)[C@@H](O)[C@H]3O)[C@H]4C2(C)C)OC[C@@H](O)[C@H]1OC(C)=O. The van der Waals surface area contributed by atoms with Crippen molar-refractivity contribution >= 4 is 17.9 Å². The number of fused-ring (bicyclic) bond motifs is 2. The zero-order valence-corrected chi connectivity index (χ0v) is 39.2. The van der Waals surface area contributed by atoms with Crippen molar-refractivity contribution in [3.63, 3.8) is 0 Å². The zero-order valence-electron chi connectivity index (χ0n) is 39.2. The van der Waals surface area contributed by atoms with Gasteiger partial charge in [0.2, 0.25) is 0 Å². The Balaban J connectivity index is 1.17. The van der Waals surface area contributed by atoms with Crippen LogP contribution in [0.15, 0.2) is 0 Å². The van der Waals surface area contributed by atoms with Gasteiger partial charge in [0.15, 0.2) is 24.8 Å². The number of hydrogen-bond acceptors (Lipinski definition) is 17. The average molecular weight is 911 g/mol. The quantitative estimate of drug-likeness (QED) is 0.105. The number of ether oxygens (including phenoxy) is 8. The van der Waals surface area contributed by atoms with E-state index in [-0.39, 0.29) is 52.7 Å². The van der Waals surface area contributed by atoms with E-state index in [1.807, 2.05) is 0 Å². The van der Waals surface area contributed by atoms with E-state index in [2.05, 4.69) is 34.6 Å². The minimum absolute atomic E-state index is 0.0253. The molecule has 3 saturated heterocycles. The van der Waals surface area contributed by atoms with Gasteiger partial charge in [-0.05, 0) is 117 Å². The van der Waals surface area contributed by atoms with Crippen molar-refractivity contribution < 1.29 is 82.9 Å². The highest BCUT2D eigenvalue weighted by molar-refractivity contribution is 5.67. The molecule has 0 radical (unpaired) electrons. The number of aliphatic hydroxyl groups is 6. The molecule has 3 heterocycles. The van der Waals surface area contributed by atoms with Crippen LogP contribution in [0.2, 0.25) is 0 Å². The van der Waals surface area contributed by atoms with Gasteiger partial charge in [-0.25, -0.2) is 0 Å². The first-order valence-corrected chi connectivity index (χ1v) is 23.5. The molecule has 5 aliphatic carbocycles. The van der Waals surface area contributed by atoms with Gasteiger partial charge in [0.1, 0.15) is 36.6 Å². The van der Waals surface area contributed by atoms with Crippen molar-refractivity contribution in [2.45, 2.75) is 218 Å². The summed E-state index contributed by atoms with van der Waals surface area (Å²) < 4.78 is 50.2. The van der Waals surface area contributed by atoms with Gasteiger partial charge in [-0.1, -0.05) is 27.7 Å². The third-order valence-corrected chi connectivity index (χ3v) is 18.5. The van der Waals surface area contributed by atoms with Gasteiger partial charge >= 0.3 is 17.9 Å². The molecule has 8 rings (SSSR count). The molecule has 0 aromatic carbocycles. The number of aliphatic hydroxyl groups excluding tert-OH is 5. The second kappa shape index (κ2) is 16.3. The minimum atomic E-state index is -1.65. The maximum absolute atomic E-state index is 13.0. The van der Waals surface area contributed by atoms with Crippen LogP contribution in [0.4, 0.5) is 0 Å². The van der Waals surface area contributed by atoms with Gasteiger partial charge in [-0.2, -0.15) is 0 Å². The van der Waals surface area contributed by atoms with Crippen molar-refractivity contribution in [3.8, 4) is 0 Å². The lowest BCUT2D eigenvalue weighted by molar-refractivity contribution is -0.339. The first kappa shape index (κ1) is 48.4. The minimum Gasteiger partial charge on any atom is -0.462 e. The Hall–Kier alpha value is -2.03. The van der Waals surface area contributed by atoms with Crippen molar-refractivity contribution in [1.29, 1.82) is 0 Å². The van der Waals surface area contributed by atoms with E-state index in [1.54, 1.807) is 13.8 Å². The molecule has 17 heteroatoms. The average Bonchev–Trinajstić information content (AvgIpc) is 3.54. The molecule has 364 valence electrons. The van der Waals surface area contributed by atoms with Gasteiger partial charge in [-0.15, -0.1) is 0 Å². The summed E-state index contributed by atoms with van der Waals surface area (Å²) in [5, 5.41) is 65.2. The van der Waals surface area contributed by atoms with Crippen LogP contribution in [0.5, 0.6) is 0 Å². The maximum atomic E-state index is 13.0. The van der Waals surface area contributed by atoms with Crippen LogP contribution in [0.1, 0.15) is 127 Å². The van der Waals surface area contributed by atoms with Gasteiger partial charge in [0.05, 0.1) is 42.7 Å². The van der Waals surface area contributed by atoms with Gasteiger partial charge in [0.25, 0.3) is 0 Å². The van der Waals surface area contributed by atoms with E-state index in [1.165, 1.54) is 20.8 Å². The summed E-state index contributed by atoms with van der Waals surface area (Å²) in [6, 6.07) is 0. The summed E-state index contributed by atoms with van der Waals surface area (Å²) in [6.07, 6.45) is -8.04. The first-order chi connectivity index (χ1) is 29.7. The molecule has 0 unspecified atom stereocenters. The number of rotatable bonds is 10. The molecule has 5 saturated carbocycles. The molecule has 0 bridgehead atoms. The lowest BCUT2D eigenvalue weighted by Crippen LogP contribution is -2.65. The molecular weight excluding hydrogens is 837 g/mol. The molecule has 0 aromatic heterocycles. The van der Waals surface area contributed by atoms with Crippen LogP contribution in [-0.2, 0) is 52.3 Å². The fourth-order valence-corrected chi connectivity index (χ4v) is 15.8. The van der Waals surface area contributed by atoms with E-state index >= 15 is 0 Å². The standard InChI is InChI=1S/C47H74O17/c1-22(49)58-27-18-44(9)29-17-26(61-39-34(55)33(54)32(53)28(19-48)62-39)37-41(4,5)30(63-40-36(60-24(3)51)35(59-23(2)50)25(52)20-57-40)12-14-47(37)21-46(29,47)16-15-43(44,8)38(27)45(10)13-11-31(64-45)42(6,7)56/h25-40,48,52-56H,11-21H2,1-10H3/t25-,26+,27+,28+,29-,30-,31+,32+,33-,34-,35-,36+,37+,38-,39+,40+,43+,44-,45+,46-,47+/m1/s1. The topological polar surface area (TPSA) is 246 Å². The molecule has 21 atom stereocenters. The Labute approximate surface area is 376 Å². The van der Waals surface area contributed by atoms with Crippen LogP contribution < -0.4 is 0 Å². The van der Waals surface area contributed by atoms with E-state index in [4.69, 9.17) is 37.9 Å². The Bertz CT molecular complexity index is 1800. The lowest BCUT2D eigenvalue weighted by atomic mass is 9.41. The van der Waals surface area contributed by atoms with Gasteiger partial charge in [0, 0.05) is 26.7 Å². The van der Waals surface area contributed by atoms with E-state index < -0.39 is 114 Å². The number of esters is 3. The normalized spacial score (nSPS) is 51.8. The summed E-state index contributed by atoms with van der Waals surface area (Å²) in [6.45, 7) is 17.5. The monoisotopic (exact) mass is 910 g/mol. The second-order valence-corrected chi connectivity index (χ2v) is 22.8. The van der Waals surface area contributed by atoms with Crippen molar-refractivity contribution in [3.05, 3.63) is 0 Å². The zero-order chi connectivity index (χ0) is 46.9. The van der Waals surface area contributed by atoms with Crippen molar-refractivity contribution in [2.24, 2.45) is 44.8 Å². The summed E-state index contributed by atoms with van der Waals surface area (Å²) in [4.78, 5) is 37.5. The van der Waals surface area contributed by atoms with Crippen molar-refractivity contribution in [2.75, 3.05) is 13.2 Å². The highest BCUT2D eigenvalue weighted by atomic mass is 16.7. The molecule has 64 heavy (non-hydrogen) atoms. The molecule has 8 aliphatic rings. The molecule has 0 amide bonds. The Kier molecular flexibility index (Phi) is 12.3. The van der Waals surface area contributed by atoms with Gasteiger partial charge < -0.3 is 68.5 Å². The Morgan fingerprint density at radius 3 is 1.98 bits per heavy atom. The fourth-order valence-electron chi connectivity index (χ4n) is 15.8. The maximum Gasteiger partial charge on any atom is 0.303 e. The number of carbonyl (C=O) groups excluding carboxylic acids is 3. The highest BCUT2D eigenvalue weighted by Crippen LogP contribution is 2.89. The van der Waals surface area contributed by atoms with Crippen molar-refractivity contribution in [1.82, 2.24) is 0 Å². The number of carbonyl (C=O) groups is 3. The van der Waals surface area contributed by atoms with Crippen LogP contribution >= 0.6 is 0 Å². The third kappa shape index (κ3) is 7.39. The molecule has 17 nitrogen and oxygen atoms in total. The van der Waals surface area contributed by atoms with E-state index in [9.17, 15) is 45.0 Å². The van der Waals surface area contributed by atoms with Crippen LogP contribution in [0.3, 0.4) is 0 Å². The summed E-state index contributed by atoms with van der Waals surface area (Å²) in [5.74, 6) is -2.11. The predicted molar refractivity (Wildman–Crippen MR) is 222 cm³/mol. The Morgan fingerprint density at radius 1 is 0.719 bits per heavy atom. The molecular formula is C47H74O17. The second-order valence-electron chi connectivity index (χ2n) is 22.8. The lowest BCUT2D eigenvalue weighted by Gasteiger charge is -2.65. The third-order valence-electron chi connectivity index (χ3n) is 18.5. The molecule has 8 fully saturated rings. The molecule has 2 spiro atoms. The summed E-state index contributed by atoms with van der Waals surface area (Å²) in [5.41, 5.74) is -3.72. The molecule has 6 N–H and O–H groups in total. The smallest absolute Gasteiger partial charge is 0.303 e. The summed E-state index contributed by atoms with van der Waals surface area (Å²) in [7, 11) is 0.